The van der Waals surface area contributed by atoms with Crippen molar-refractivity contribution in [1.82, 2.24) is 10.3 Å². The molecule has 1 aliphatic heterocycles. The van der Waals surface area contributed by atoms with Gasteiger partial charge in [0.1, 0.15) is 11.3 Å². The molecule has 1 amide bonds. The molecule has 1 aromatic rings. The van der Waals surface area contributed by atoms with Gasteiger partial charge in [-0.3, -0.25) is 0 Å². The first-order valence-electron chi connectivity index (χ1n) is 9.03. The van der Waals surface area contributed by atoms with Gasteiger partial charge >= 0.3 is 6.09 Å². The predicted octanol–water partition coefficient (Wildman–Crippen LogP) is 3.56. The van der Waals surface area contributed by atoms with Crippen molar-refractivity contribution < 1.29 is 19.0 Å². The Kier molecular flexibility index (Phi) is 7.43. The van der Waals surface area contributed by atoms with Gasteiger partial charge in [0.05, 0.1) is 18.3 Å². The standard InChI is InChI=1S/C20H28N2O4/c1-5-15-9-8-10-16(21-15)17(22-19(23)26-20(2,3)4)12-14-25-18-11-6-7-13-24-18/h1,8-10,17-18H,6-7,11-14H2,2-4H3,(H,22,23)/t17?,18-/m0/s1. The van der Waals surface area contributed by atoms with Crippen molar-refractivity contribution in [3.8, 4) is 12.3 Å². The fourth-order valence-corrected chi connectivity index (χ4v) is 2.63. The molecule has 1 fully saturated rings. The first kappa shape index (κ1) is 20.2. The summed E-state index contributed by atoms with van der Waals surface area (Å²) in [6.07, 6.45) is 8.39. The third kappa shape index (κ3) is 7.03. The Labute approximate surface area is 155 Å². The number of rotatable bonds is 6. The van der Waals surface area contributed by atoms with Gasteiger partial charge in [-0.25, -0.2) is 9.78 Å². The molecule has 26 heavy (non-hydrogen) atoms. The summed E-state index contributed by atoms with van der Waals surface area (Å²) in [5.74, 6) is 2.52. The number of aromatic nitrogens is 1. The van der Waals surface area contributed by atoms with E-state index in [-0.39, 0.29) is 12.3 Å². The molecule has 0 spiro atoms. The zero-order valence-electron chi connectivity index (χ0n) is 15.8. The Morgan fingerprint density at radius 1 is 1.46 bits per heavy atom. The van der Waals surface area contributed by atoms with Gasteiger partial charge in [0.2, 0.25) is 0 Å². The first-order chi connectivity index (χ1) is 12.4. The number of carbonyl (C=O) groups excluding carboxylic acids is 1. The molecule has 2 heterocycles. The molecule has 2 rings (SSSR count). The third-order valence-electron chi connectivity index (χ3n) is 3.81. The zero-order valence-corrected chi connectivity index (χ0v) is 15.8. The van der Waals surface area contributed by atoms with E-state index in [1.54, 1.807) is 6.07 Å². The highest BCUT2D eigenvalue weighted by Gasteiger charge is 2.22. The second-order valence-corrected chi connectivity index (χ2v) is 7.25. The lowest BCUT2D eigenvalue weighted by Crippen LogP contribution is -2.36. The lowest BCUT2D eigenvalue weighted by Gasteiger charge is -2.25. The second-order valence-electron chi connectivity index (χ2n) is 7.25. The second kappa shape index (κ2) is 9.56. The maximum Gasteiger partial charge on any atom is 0.408 e. The Morgan fingerprint density at radius 3 is 2.92 bits per heavy atom. The molecule has 1 N–H and O–H groups in total. The van der Waals surface area contributed by atoms with E-state index in [0.717, 1.165) is 25.9 Å². The lowest BCUT2D eigenvalue weighted by molar-refractivity contribution is -0.163. The number of nitrogens with one attached hydrogen (secondary N) is 1. The molecule has 142 valence electrons. The number of hydrogen-bond donors (Lipinski definition) is 1. The van der Waals surface area contributed by atoms with Crippen LogP contribution >= 0.6 is 0 Å². The molecule has 1 unspecified atom stereocenters. The molecular weight excluding hydrogens is 332 g/mol. The largest absolute Gasteiger partial charge is 0.444 e. The number of amides is 1. The number of ether oxygens (including phenoxy) is 3. The minimum absolute atomic E-state index is 0.170. The van der Waals surface area contributed by atoms with E-state index in [2.05, 4.69) is 16.2 Å². The van der Waals surface area contributed by atoms with Crippen LogP contribution in [0.25, 0.3) is 0 Å². The molecule has 6 nitrogen and oxygen atoms in total. The van der Waals surface area contributed by atoms with Crippen molar-refractivity contribution in [2.45, 2.75) is 64.4 Å². The number of pyridine rings is 1. The van der Waals surface area contributed by atoms with Crippen LogP contribution in [0.15, 0.2) is 18.2 Å². The summed E-state index contributed by atoms with van der Waals surface area (Å²) in [6, 6.07) is 5.05. The van der Waals surface area contributed by atoms with Crippen LogP contribution in [0.3, 0.4) is 0 Å². The summed E-state index contributed by atoms with van der Waals surface area (Å²) in [5.41, 5.74) is 0.629. The highest BCUT2D eigenvalue weighted by Crippen LogP contribution is 2.19. The van der Waals surface area contributed by atoms with Gasteiger partial charge < -0.3 is 19.5 Å². The van der Waals surface area contributed by atoms with E-state index in [1.165, 1.54) is 0 Å². The molecule has 1 aliphatic rings. The lowest BCUT2D eigenvalue weighted by atomic mass is 10.1. The summed E-state index contributed by atoms with van der Waals surface area (Å²) in [7, 11) is 0. The summed E-state index contributed by atoms with van der Waals surface area (Å²) in [5, 5.41) is 2.87. The maximum atomic E-state index is 12.2. The van der Waals surface area contributed by atoms with Crippen LogP contribution in [0.4, 0.5) is 4.79 Å². The van der Waals surface area contributed by atoms with Crippen molar-refractivity contribution in [2.24, 2.45) is 0 Å². The molecule has 0 aliphatic carbocycles. The molecule has 0 saturated carbocycles. The van der Waals surface area contributed by atoms with E-state index in [1.807, 2.05) is 32.9 Å². The minimum atomic E-state index is -0.574. The number of carbonyl (C=O) groups is 1. The number of nitrogens with zero attached hydrogens (tertiary/aromatic N) is 1. The van der Waals surface area contributed by atoms with Gasteiger partial charge in [0.25, 0.3) is 0 Å². The van der Waals surface area contributed by atoms with Crippen molar-refractivity contribution in [3.05, 3.63) is 29.6 Å². The van der Waals surface area contributed by atoms with Gasteiger partial charge in [-0.1, -0.05) is 12.0 Å². The fourth-order valence-electron chi connectivity index (χ4n) is 2.63. The highest BCUT2D eigenvalue weighted by molar-refractivity contribution is 5.68. The normalized spacial score (nSPS) is 18.6. The van der Waals surface area contributed by atoms with Crippen LogP contribution in [0.2, 0.25) is 0 Å². The smallest absolute Gasteiger partial charge is 0.408 e. The van der Waals surface area contributed by atoms with Crippen LogP contribution in [0.1, 0.15) is 63.9 Å². The monoisotopic (exact) mass is 360 g/mol. The van der Waals surface area contributed by atoms with Gasteiger partial charge in [0, 0.05) is 6.61 Å². The quantitative estimate of drug-likeness (QED) is 0.786. The summed E-state index contributed by atoms with van der Waals surface area (Å²) < 4.78 is 16.7. The average Bonchev–Trinajstić information content (AvgIpc) is 2.60. The van der Waals surface area contributed by atoms with E-state index in [0.29, 0.717) is 24.4 Å². The first-order valence-corrected chi connectivity index (χ1v) is 9.03. The van der Waals surface area contributed by atoms with E-state index in [9.17, 15) is 4.79 Å². The van der Waals surface area contributed by atoms with E-state index in [4.69, 9.17) is 20.6 Å². The van der Waals surface area contributed by atoms with Crippen molar-refractivity contribution in [2.75, 3.05) is 13.2 Å². The SMILES string of the molecule is C#Cc1cccc(C(CCO[C@H]2CCCCO2)NC(=O)OC(C)(C)C)n1. The van der Waals surface area contributed by atoms with Crippen molar-refractivity contribution in [1.29, 1.82) is 0 Å². The molecule has 1 aromatic heterocycles. The Morgan fingerprint density at radius 2 is 2.27 bits per heavy atom. The zero-order chi connectivity index (χ0) is 19.0. The van der Waals surface area contributed by atoms with Gasteiger partial charge in [0.15, 0.2) is 6.29 Å². The minimum Gasteiger partial charge on any atom is -0.444 e. The van der Waals surface area contributed by atoms with E-state index < -0.39 is 11.7 Å². The molecule has 0 aromatic carbocycles. The molecule has 0 radical (unpaired) electrons. The van der Waals surface area contributed by atoms with Gasteiger partial charge in [-0.2, -0.15) is 0 Å². The van der Waals surface area contributed by atoms with Crippen LogP contribution in [0, 0.1) is 12.3 Å². The molecule has 1 saturated heterocycles. The van der Waals surface area contributed by atoms with Gasteiger partial charge in [-0.05, 0) is 58.6 Å². The topological polar surface area (TPSA) is 69.7 Å². The summed E-state index contributed by atoms with van der Waals surface area (Å²) in [6.45, 7) is 6.64. The Hall–Kier alpha value is -2.10. The Balaban J connectivity index is 2.00. The van der Waals surface area contributed by atoms with Crippen LogP contribution in [-0.4, -0.2) is 36.2 Å². The molecule has 6 heteroatoms. The molecular formula is C20H28N2O4. The Bertz CT molecular complexity index is 627. The van der Waals surface area contributed by atoms with Crippen LogP contribution in [0.5, 0.6) is 0 Å². The summed E-state index contributed by atoms with van der Waals surface area (Å²) >= 11 is 0. The molecule has 0 bridgehead atoms. The van der Waals surface area contributed by atoms with Crippen LogP contribution < -0.4 is 5.32 Å². The number of alkyl carbamates (subject to hydrolysis) is 1. The average molecular weight is 360 g/mol. The number of terminal acetylenes is 1. The third-order valence-corrected chi connectivity index (χ3v) is 3.81. The molecule has 2 atom stereocenters. The van der Waals surface area contributed by atoms with E-state index >= 15 is 0 Å². The maximum absolute atomic E-state index is 12.2. The number of hydrogen-bond acceptors (Lipinski definition) is 5. The fraction of sp³-hybridized carbons (Fsp3) is 0.600. The summed E-state index contributed by atoms with van der Waals surface area (Å²) in [4.78, 5) is 16.6. The van der Waals surface area contributed by atoms with Crippen molar-refractivity contribution >= 4 is 6.09 Å². The van der Waals surface area contributed by atoms with Crippen molar-refractivity contribution in [3.63, 3.8) is 0 Å². The highest BCUT2D eigenvalue weighted by atomic mass is 16.7. The van der Waals surface area contributed by atoms with Crippen LogP contribution in [-0.2, 0) is 14.2 Å². The van der Waals surface area contributed by atoms with Gasteiger partial charge in [-0.15, -0.1) is 6.42 Å². The predicted molar refractivity (Wildman–Crippen MR) is 98.4 cm³/mol.